The van der Waals surface area contributed by atoms with Gasteiger partial charge in [-0.15, -0.1) is 0 Å². The maximum absolute atomic E-state index is 12.4. The Hall–Kier alpha value is -2.01. The van der Waals surface area contributed by atoms with E-state index in [4.69, 9.17) is 4.74 Å². The number of allylic oxidation sites excluding steroid dienone is 2. The van der Waals surface area contributed by atoms with Crippen molar-refractivity contribution in [3.8, 4) is 11.8 Å². The lowest BCUT2D eigenvalue weighted by atomic mass is 9.80. The molecule has 0 N–H and O–H groups in total. The van der Waals surface area contributed by atoms with Gasteiger partial charge in [0.2, 0.25) is 0 Å². The average Bonchev–Trinajstić information content (AvgIpc) is 2.83. The summed E-state index contributed by atoms with van der Waals surface area (Å²) in [5.74, 6) is 8.70. The molecule has 0 amide bonds. The predicted molar refractivity (Wildman–Crippen MR) is 133 cm³/mol. The highest BCUT2D eigenvalue weighted by molar-refractivity contribution is 5.89. The molecule has 2 saturated carbocycles. The van der Waals surface area contributed by atoms with Gasteiger partial charge in [0.15, 0.2) is 0 Å². The number of carbonyl (C=O) groups is 1. The molecule has 3 rings (SSSR count). The Bertz CT molecular complexity index is 763. The first-order valence-corrected chi connectivity index (χ1v) is 13.2. The Kier molecular flexibility index (Phi) is 10.4. The van der Waals surface area contributed by atoms with E-state index >= 15 is 0 Å². The molecule has 2 aliphatic rings. The average molecular weight is 435 g/mol. The molecule has 1 aromatic carbocycles. The number of unbranched alkanes of at least 4 members (excludes halogenated alkanes) is 1. The van der Waals surface area contributed by atoms with Gasteiger partial charge < -0.3 is 4.74 Å². The summed E-state index contributed by atoms with van der Waals surface area (Å²) < 4.78 is 5.76. The number of carbonyl (C=O) groups excluding carboxylic acids is 1. The zero-order chi connectivity index (χ0) is 22.6. The third kappa shape index (κ3) is 8.16. The number of hydrogen-bond donors (Lipinski definition) is 0. The van der Waals surface area contributed by atoms with Crippen LogP contribution in [0.15, 0.2) is 36.4 Å². The predicted octanol–water partition coefficient (Wildman–Crippen LogP) is 7.91. The van der Waals surface area contributed by atoms with Crippen LogP contribution in [0.1, 0.15) is 107 Å². The van der Waals surface area contributed by atoms with Crippen LogP contribution in [0.5, 0.6) is 0 Å². The molecule has 174 valence electrons. The first-order chi connectivity index (χ1) is 15.7. The first kappa shape index (κ1) is 24.6. The van der Waals surface area contributed by atoms with Crippen molar-refractivity contribution in [1.82, 2.24) is 0 Å². The van der Waals surface area contributed by atoms with E-state index in [1.165, 1.54) is 50.5 Å². The van der Waals surface area contributed by atoms with E-state index in [0.717, 1.165) is 50.4 Å². The zero-order valence-electron chi connectivity index (χ0n) is 20.3. The molecule has 0 atom stereocenters. The summed E-state index contributed by atoms with van der Waals surface area (Å²) in [4.78, 5) is 12.4. The van der Waals surface area contributed by atoms with Crippen molar-refractivity contribution in [2.45, 2.75) is 103 Å². The standard InChI is InChI=1S/C30H42O2/c1-3-5-9-25-12-14-26(15-13-25)10-6-7-11-27-18-22-29(23-19-27)32-30(31)28-20-16-24(8-4-2)17-21-28/h6,10,16-17,20-21,25-27,29H,3-5,8-9,12-15,18-19,22-23H2,1-2H3/t25-,26-,27-,29-. The van der Waals surface area contributed by atoms with Crippen LogP contribution in [-0.2, 0) is 11.2 Å². The van der Waals surface area contributed by atoms with Crippen LogP contribution in [0.4, 0.5) is 0 Å². The van der Waals surface area contributed by atoms with Crippen LogP contribution in [0.2, 0.25) is 0 Å². The van der Waals surface area contributed by atoms with Crippen molar-refractivity contribution in [1.29, 1.82) is 0 Å². The van der Waals surface area contributed by atoms with Gasteiger partial charge in [0.05, 0.1) is 5.56 Å². The Morgan fingerprint density at radius 3 is 2.34 bits per heavy atom. The topological polar surface area (TPSA) is 26.3 Å². The molecule has 0 radical (unpaired) electrons. The number of esters is 1. The van der Waals surface area contributed by atoms with Gasteiger partial charge in [-0.2, -0.15) is 0 Å². The monoisotopic (exact) mass is 434 g/mol. The number of hydrogen-bond acceptors (Lipinski definition) is 2. The minimum absolute atomic E-state index is 0.0364. The van der Waals surface area contributed by atoms with Crippen molar-refractivity contribution in [3.63, 3.8) is 0 Å². The molecule has 1 aromatic rings. The van der Waals surface area contributed by atoms with E-state index in [9.17, 15) is 4.79 Å². The van der Waals surface area contributed by atoms with Crippen LogP contribution >= 0.6 is 0 Å². The number of aryl methyl sites for hydroxylation is 1. The largest absolute Gasteiger partial charge is 0.459 e. The van der Waals surface area contributed by atoms with Crippen molar-refractivity contribution in [3.05, 3.63) is 47.5 Å². The van der Waals surface area contributed by atoms with Crippen LogP contribution in [-0.4, -0.2) is 12.1 Å². The van der Waals surface area contributed by atoms with Crippen molar-refractivity contribution in [2.75, 3.05) is 0 Å². The van der Waals surface area contributed by atoms with Gasteiger partial charge in [0.25, 0.3) is 0 Å². The second-order valence-corrected chi connectivity index (χ2v) is 9.90. The van der Waals surface area contributed by atoms with Gasteiger partial charge in [-0.1, -0.05) is 69.6 Å². The summed E-state index contributed by atoms with van der Waals surface area (Å²) >= 11 is 0. The highest BCUT2D eigenvalue weighted by atomic mass is 16.5. The summed E-state index contributed by atoms with van der Waals surface area (Å²) in [5, 5.41) is 0. The maximum atomic E-state index is 12.4. The maximum Gasteiger partial charge on any atom is 0.338 e. The molecule has 0 bridgehead atoms. The molecule has 2 nitrogen and oxygen atoms in total. The molecule has 2 aliphatic carbocycles. The molecule has 32 heavy (non-hydrogen) atoms. The number of benzene rings is 1. The first-order valence-electron chi connectivity index (χ1n) is 13.2. The lowest BCUT2D eigenvalue weighted by molar-refractivity contribution is 0.0188. The van der Waals surface area contributed by atoms with Crippen LogP contribution in [0.25, 0.3) is 0 Å². The van der Waals surface area contributed by atoms with Gasteiger partial charge in [-0.3, -0.25) is 0 Å². The summed E-state index contributed by atoms with van der Waals surface area (Å²) in [6, 6.07) is 7.87. The fourth-order valence-electron chi connectivity index (χ4n) is 5.15. The summed E-state index contributed by atoms with van der Waals surface area (Å²) in [6.07, 6.45) is 20.2. The van der Waals surface area contributed by atoms with Crippen molar-refractivity contribution >= 4 is 5.97 Å². The molecule has 2 fully saturated rings. The van der Waals surface area contributed by atoms with E-state index in [2.05, 4.69) is 37.8 Å². The number of ether oxygens (including phenoxy) is 1. The Morgan fingerprint density at radius 1 is 0.969 bits per heavy atom. The molecule has 2 heteroatoms. The molecule has 0 saturated heterocycles. The van der Waals surface area contributed by atoms with Gasteiger partial charge in [-0.05, 0) is 93.4 Å². The SMILES string of the molecule is CCCC[C@H]1CC[C@H](C=CC#C[C@H]2CC[C@H](OC(=O)c3ccc(CCC)cc3)CC2)CC1. The van der Waals surface area contributed by atoms with Gasteiger partial charge in [0.1, 0.15) is 6.10 Å². The van der Waals surface area contributed by atoms with Crippen LogP contribution in [0, 0.1) is 29.6 Å². The van der Waals surface area contributed by atoms with Crippen LogP contribution < -0.4 is 0 Å². The van der Waals surface area contributed by atoms with E-state index < -0.39 is 0 Å². The van der Waals surface area contributed by atoms with E-state index in [-0.39, 0.29) is 12.1 Å². The summed E-state index contributed by atoms with van der Waals surface area (Å²) in [7, 11) is 0. The van der Waals surface area contributed by atoms with Crippen LogP contribution in [0.3, 0.4) is 0 Å². The van der Waals surface area contributed by atoms with Crippen molar-refractivity contribution < 1.29 is 9.53 Å². The van der Waals surface area contributed by atoms with E-state index in [0.29, 0.717) is 11.5 Å². The smallest absolute Gasteiger partial charge is 0.338 e. The Morgan fingerprint density at radius 2 is 1.69 bits per heavy atom. The Balaban J connectivity index is 1.34. The lowest BCUT2D eigenvalue weighted by Gasteiger charge is -2.26. The summed E-state index contributed by atoms with van der Waals surface area (Å²) in [5.41, 5.74) is 1.94. The molecule has 0 heterocycles. The number of rotatable bonds is 8. The third-order valence-electron chi connectivity index (χ3n) is 7.27. The Labute approximate surface area is 196 Å². The van der Waals surface area contributed by atoms with Gasteiger partial charge in [0, 0.05) is 5.92 Å². The molecular formula is C30H42O2. The van der Waals surface area contributed by atoms with E-state index in [1.54, 1.807) is 0 Å². The fraction of sp³-hybridized carbons (Fsp3) is 0.633. The molecule has 0 aliphatic heterocycles. The summed E-state index contributed by atoms with van der Waals surface area (Å²) in [6.45, 7) is 4.46. The molecular weight excluding hydrogens is 392 g/mol. The minimum Gasteiger partial charge on any atom is -0.459 e. The fourth-order valence-corrected chi connectivity index (χ4v) is 5.15. The second-order valence-electron chi connectivity index (χ2n) is 9.90. The molecule has 0 spiro atoms. The third-order valence-corrected chi connectivity index (χ3v) is 7.27. The van der Waals surface area contributed by atoms with Crippen molar-refractivity contribution in [2.24, 2.45) is 17.8 Å². The van der Waals surface area contributed by atoms with Gasteiger partial charge >= 0.3 is 5.97 Å². The minimum atomic E-state index is -0.185. The normalized spacial score (nSPS) is 25.8. The highest BCUT2D eigenvalue weighted by Crippen LogP contribution is 2.32. The second kappa shape index (κ2) is 13.5. The quantitative estimate of drug-likeness (QED) is 0.307. The molecule has 0 unspecified atom stereocenters. The van der Waals surface area contributed by atoms with Gasteiger partial charge in [-0.25, -0.2) is 4.79 Å². The molecule has 0 aromatic heterocycles. The lowest BCUT2D eigenvalue weighted by Crippen LogP contribution is -2.24. The zero-order valence-corrected chi connectivity index (χ0v) is 20.3. The van der Waals surface area contributed by atoms with E-state index in [1.807, 2.05) is 24.3 Å². The highest BCUT2D eigenvalue weighted by Gasteiger charge is 2.23.